The lowest BCUT2D eigenvalue weighted by molar-refractivity contribution is -0.122. The molecule has 0 saturated carbocycles. The first kappa shape index (κ1) is 17.9. The number of rotatable bonds is 6. The Bertz CT molecular complexity index is 594. The maximum atomic E-state index is 12.1. The summed E-state index contributed by atoms with van der Waals surface area (Å²) in [5.41, 5.74) is 5.19. The number of sulfonamides is 1. The van der Waals surface area contributed by atoms with Crippen LogP contribution in [0.4, 0.5) is 0 Å². The molecule has 1 atom stereocenters. The Hall–Kier alpha value is -1.15. The van der Waals surface area contributed by atoms with Crippen molar-refractivity contribution in [3.05, 3.63) is 29.3 Å². The number of amides is 1. The Morgan fingerprint density at radius 1 is 1.33 bits per heavy atom. The molecule has 0 saturated heterocycles. The van der Waals surface area contributed by atoms with Gasteiger partial charge in [-0.2, -0.15) is 4.72 Å². The highest BCUT2D eigenvalue weighted by atomic mass is 35.5. The van der Waals surface area contributed by atoms with Crippen molar-refractivity contribution in [3.8, 4) is 0 Å². The van der Waals surface area contributed by atoms with E-state index in [1.54, 1.807) is 13.8 Å². The smallest absolute Gasteiger partial charge is 0.241 e. The molecule has 1 rings (SSSR count). The fourth-order valence-electron chi connectivity index (χ4n) is 1.44. The number of hydrogen-bond acceptors (Lipinski definition) is 4. The summed E-state index contributed by atoms with van der Waals surface area (Å²) in [6.07, 6.45) is 0. The fraction of sp³-hybridized carbons (Fsp3) is 0.462. The monoisotopic (exact) mass is 333 g/mol. The zero-order valence-electron chi connectivity index (χ0n) is 12.2. The first-order valence-electron chi connectivity index (χ1n) is 6.36. The second kappa shape index (κ2) is 6.74. The lowest BCUT2D eigenvalue weighted by Gasteiger charge is -2.21. The van der Waals surface area contributed by atoms with Crippen molar-refractivity contribution in [1.82, 2.24) is 10.0 Å². The normalized spacial score (nSPS) is 13.8. The van der Waals surface area contributed by atoms with Gasteiger partial charge in [0.2, 0.25) is 15.9 Å². The third-order valence-electron chi connectivity index (χ3n) is 2.57. The van der Waals surface area contributed by atoms with Crippen LogP contribution in [-0.2, 0) is 14.8 Å². The molecule has 6 nitrogen and oxygen atoms in total. The van der Waals surface area contributed by atoms with Crippen LogP contribution in [0.1, 0.15) is 20.8 Å². The molecule has 0 aliphatic rings. The first-order chi connectivity index (χ1) is 9.51. The molecule has 0 heterocycles. The van der Waals surface area contributed by atoms with E-state index in [0.29, 0.717) is 5.02 Å². The molecule has 0 spiro atoms. The quantitative estimate of drug-likeness (QED) is 0.718. The minimum atomic E-state index is -3.78. The van der Waals surface area contributed by atoms with Gasteiger partial charge in [0.25, 0.3) is 0 Å². The van der Waals surface area contributed by atoms with Gasteiger partial charge in [0.05, 0.1) is 10.9 Å². The van der Waals surface area contributed by atoms with Crippen molar-refractivity contribution in [1.29, 1.82) is 0 Å². The van der Waals surface area contributed by atoms with Crippen LogP contribution in [0.25, 0.3) is 0 Å². The van der Waals surface area contributed by atoms with Gasteiger partial charge in [-0.15, -0.1) is 0 Å². The van der Waals surface area contributed by atoms with E-state index in [2.05, 4.69) is 10.0 Å². The molecule has 0 aromatic heterocycles. The third-order valence-corrected chi connectivity index (χ3v) is 4.38. The van der Waals surface area contributed by atoms with Crippen LogP contribution in [0.2, 0.25) is 5.02 Å². The number of carbonyl (C=O) groups is 1. The molecule has 4 N–H and O–H groups in total. The van der Waals surface area contributed by atoms with Gasteiger partial charge in [-0.1, -0.05) is 11.6 Å². The Balaban J connectivity index is 2.70. The van der Waals surface area contributed by atoms with E-state index in [-0.39, 0.29) is 11.4 Å². The highest BCUT2D eigenvalue weighted by Crippen LogP contribution is 2.14. The Kier molecular flexibility index (Phi) is 5.75. The van der Waals surface area contributed by atoms with Crippen molar-refractivity contribution < 1.29 is 13.2 Å². The number of nitrogens with one attached hydrogen (secondary N) is 2. The van der Waals surface area contributed by atoms with Gasteiger partial charge in [0, 0.05) is 17.1 Å². The minimum Gasteiger partial charge on any atom is -0.353 e. The predicted octanol–water partition coefficient (Wildman–Crippen LogP) is 0.860. The van der Waals surface area contributed by atoms with Crippen molar-refractivity contribution in [2.45, 2.75) is 37.2 Å². The molecule has 8 heteroatoms. The molecule has 1 aromatic rings. The summed E-state index contributed by atoms with van der Waals surface area (Å²) in [4.78, 5) is 11.9. The van der Waals surface area contributed by atoms with Crippen LogP contribution in [0.15, 0.2) is 29.2 Å². The van der Waals surface area contributed by atoms with Crippen LogP contribution in [0.3, 0.4) is 0 Å². The van der Waals surface area contributed by atoms with Crippen LogP contribution < -0.4 is 15.8 Å². The number of halogens is 1. The number of hydrogen-bond donors (Lipinski definition) is 3. The summed E-state index contributed by atoms with van der Waals surface area (Å²) in [6.45, 7) is 5.23. The van der Waals surface area contributed by atoms with E-state index in [4.69, 9.17) is 17.3 Å². The highest BCUT2D eigenvalue weighted by Gasteiger charge is 2.23. The van der Waals surface area contributed by atoms with Gasteiger partial charge in [-0.05, 0) is 45.0 Å². The average molecular weight is 334 g/mol. The van der Waals surface area contributed by atoms with Crippen LogP contribution >= 0.6 is 11.6 Å². The molecule has 21 heavy (non-hydrogen) atoms. The molecule has 118 valence electrons. The summed E-state index contributed by atoms with van der Waals surface area (Å²) < 4.78 is 26.5. The lowest BCUT2D eigenvalue weighted by atomic mass is 10.1. The zero-order chi connectivity index (χ0) is 16.3. The van der Waals surface area contributed by atoms with Gasteiger partial charge in [0.1, 0.15) is 0 Å². The van der Waals surface area contributed by atoms with Crippen molar-refractivity contribution in [2.24, 2.45) is 5.73 Å². The molecule has 0 aliphatic heterocycles. The standard InChI is InChI=1S/C13H20ClN3O3S/c1-9(12(18)16-8-13(2,3)15)17-21(19,20)11-6-4-10(14)5-7-11/h4-7,9,17H,8,15H2,1-3H3,(H,16,18). The molecule has 0 fully saturated rings. The Morgan fingerprint density at radius 2 is 1.86 bits per heavy atom. The molecule has 1 amide bonds. The maximum Gasteiger partial charge on any atom is 0.241 e. The lowest BCUT2D eigenvalue weighted by Crippen LogP contribution is -2.50. The Labute approximate surface area is 130 Å². The van der Waals surface area contributed by atoms with E-state index in [1.165, 1.54) is 31.2 Å². The van der Waals surface area contributed by atoms with Gasteiger partial charge in [-0.25, -0.2) is 8.42 Å². The van der Waals surface area contributed by atoms with Crippen molar-refractivity contribution in [3.63, 3.8) is 0 Å². The van der Waals surface area contributed by atoms with Crippen LogP contribution in [0, 0.1) is 0 Å². The molecule has 0 aliphatic carbocycles. The molecule has 0 radical (unpaired) electrons. The third kappa shape index (κ3) is 6.01. The molecular weight excluding hydrogens is 314 g/mol. The van der Waals surface area contributed by atoms with Gasteiger partial charge >= 0.3 is 0 Å². The second-order valence-electron chi connectivity index (χ2n) is 5.50. The topological polar surface area (TPSA) is 101 Å². The molecule has 1 aromatic carbocycles. The number of nitrogens with two attached hydrogens (primary N) is 1. The number of benzene rings is 1. The maximum absolute atomic E-state index is 12.1. The summed E-state index contributed by atoms with van der Waals surface area (Å²) in [7, 11) is -3.78. The molecule has 1 unspecified atom stereocenters. The number of carbonyl (C=O) groups excluding carboxylic acids is 1. The first-order valence-corrected chi connectivity index (χ1v) is 8.22. The fourth-order valence-corrected chi connectivity index (χ4v) is 2.77. The van der Waals surface area contributed by atoms with E-state index in [1.807, 2.05) is 0 Å². The van der Waals surface area contributed by atoms with Crippen molar-refractivity contribution >= 4 is 27.5 Å². The SMILES string of the molecule is CC(NS(=O)(=O)c1ccc(Cl)cc1)C(=O)NCC(C)(C)N. The van der Waals surface area contributed by atoms with E-state index in [0.717, 1.165) is 0 Å². The van der Waals surface area contributed by atoms with E-state index < -0.39 is 27.5 Å². The van der Waals surface area contributed by atoms with E-state index >= 15 is 0 Å². The van der Waals surface area contributed by atoms with Crippen molar-refractivity contribution in [2.75, 3.05) is 6.54 Å². The zero-order valence-corrected chi connectivity index (χ0v) is 13.8. The van der Waals surface area contributed by atoms with Crippen LogP contribution in [0.5, 0.6) is 0 Å². The largest absolute Gasteiger partial charge is 0.353 e. The average Bonchev–Trinajstić information content (AvgIpc) is 2.35. The summed E-state index contributed by atoms with van der Waals surface area (Å²) in [5.74, 6) is -0.439. The summed E-state index contributed by atoms with van der Waals surface area (Å²) in [6, 6.07) is 4.78. The highest BCUT2D eigenvalue weighted by molar-refractivity contribution is 7.89. The predicted molar refractivity (Wildman–Crippen MR) is 82.5 cm³/mol. The Morgan fingerprint density at radius 3 is 2.33 bits per heavy atom. The minimum absolute atomic E-state index is 0.0469. The summed E-state index contributed by atoms with van der Waals surface area (Å²) >= 11 is 5.71. The van der Waals surface area contributed by atoms with Gasteiger partial charge < -0.3 is 11.1 Å². The van der Waals surface area contributed by atoms with Crippen LogP contribution in [-0.4, -0.2) is 32.5 Å². The molecular formula is C13H20ClN3O3S. The molecule has 0 bridgehead atoms. The second-order valence-corrected chi connectivity index (χ2v) is 7.65. The van der Waals surface area contributed by atoms with Gasteiger partial charge in [0.15, 0.2) is 0 Å². The summed E-state index contributed by atoms with van der Waals surface area (Å²) in [5, 5.41) is 3.03. The van der Waals surface area contributed by atoms with E-state index in [9.17, 15) is 13.2 Å². The van der Waals surface area contributed by atoms with Gasteiger partial charge in [-0.3, -0.25) is 4.79 Å².